The predicted molar refractivity (Wildman–Crippen MR) is 86.5 cm³/mol. The molecule has 1 N–H and O–H groups in total. The number of aromatic nitrogens is 1. The van der Waals surface area contributed by atoms with Crippen LogP contribution in [0.1, 0.15) is 31.7 Å². The van der Waals surface area contributed by atoms with Crippen LogP contribution in [0.4, 0.5) is 0 Å². The van der Waals surface area contributed by atoms with Crippen molar-refractivity contribution in [2.24, 2.45) is 11.3 Å². The van der Waals surface area contributed by atoms with Crippen molar-refractivity contribution in [1.29, 1.82) is 0 Å². The van der Waals surface area contributed by atoms with Crippen LogP contribution in [0.5, 0.6) is 0 Å². The molecular formula is C17H22N2OS. The molecule has 3 atom stereocenters. The number of nitrogens with one attached hydrogen (secondary N) is 1. The lowest BCUT2D eigenvalue weighted by atomic mass is 9.55. The van der Waals surface area contributed by atoms with Crippen molar-refractivity contribution in [1.82, 2.24) is 10.3 Å². The van der Waals surface area contributed by atoms with Crippen LogP contribution in [0.25, 0.3) is 10.2 Å². The molecule has 112 valence electrons. The Kier molecular flexibility index (Phi) is 3.28. The van der Waals surface area contributed by atoms with E-state index in [0.717, 1.165) is 18.7 Å². The SMILES string of the molecule is CC1(C)C(NCc2nc3ccccc3s2)C2CCCOC21. The first-order valence-electron chi connectivity index (χ1n) is 7.86. The molecule has 21 heavy (non-hydrogen) atoms. The van der Waals surface area contributed by atoms with E-state index in [2.05, 4.69) is 43.4 Å². The summed E-state index contributed by atoms with van der Waals surface area (Å²) >= 11 is 1.80. The van der Waals surface area contributed by atoms with E-state index >= 15 is 0 Å². The molecule has 1 aliphatic heterocycles. The van der Waals surface area contributed by atoms with E-state index in [1.165, 1.54) is 22.5 Å². The van der Waals surface area contributed by atoms with Crippen molar-refractivity contribution in [2.75, 3.05) is 6.61 Å². The van der Waals surface area contributed by atoms with E-state index in [1.54, 1.807) is 11.3 Å². The number of nitrogens with zero attached hydrogens (tertiary/aromatic N) is 1. The Labute approximate surface area is 129 Å². The number of hydrogen-bond acceptors (Lipinski definition) is 4. The van der Waals surface area contributed by atoms with Crippen LogP contribution in [-0.2, 0) is 11.3 Å². The lowest BCUT2D eigenvalue weighted by Gasteiger charge is -2.60. The van der Waals surface area contributed by atoms with Crippen molar-refractivity contribution < 1.29 is 4.74 Å². The first-order valence-corrected chi connectivity index (χ1v) is 8.67. The second kappa shape index (κ2) is 5.04. The molecule has 2 fully saturated rings. The zero-order valence-electron chi connectivity index (χ0n) is 12.6. The van der Waals surface area contributed by atoms with Gasteiger partial charge in [-0.2, -0.15) is 0 Å². The van der Waals surface area contributed by atoms with Gasteiger partial charge in [-0.05, 0) is 25.0 Å². The summed E-state index contributed by atoms with van der Waals surface area (Å²) in [6, 6.07) is 8.92. The highest BCUT2D eigenvalue weighted by atomic mass is 32.1. The second-order valence-electron chi connectivity index (χ2n) is 6.85. The van der Waals surface area contributed by atoms with Gasteiger partial charge in [-0.3, -0.25) is 0 Å². The minimum Gasteiger partial charge on any atom is -0.377 e. The summed E-state index contributed by atoms with van der Waals surface area (Å²) in [5, 5.41) is 4.94. The number of thiazole rings is 1. The van der Waals surface area contributed by atoms with Gasteiger partial charge in [-0.25, -0.2) is 4.98 Å². The molecule has 1 aromatic heterocycles. The van der Waals surface area contributed by atoms with E-state index < -0.39 is 0 Å². The third-order valence-corrected chi connectivity index (χ3v) is 6.18. The zero-order chi connectivity index (χ0) is 14.4. The summed E-state index contributed by atoms with van der Waals surface area (Å²) in [5.74, 6) is 0.683. The largest absolute Gasteiger partial charge is 0.377 e. The Bertz CT molecular complexity index is 618. The number of rotatable bonds is 3. The highest BCUT2D eigenvalue weighted by Crippen LogP contribution is 2.51. The summed E-state index contributed by atoms with van der Waals surface area (Å²) in [6.45, 7) is 6.47. The molecule has 3 nitrogen and oxygen atoms in total. The molecule has 4 rings (SSSR count). The van der Waals surface area contributed by atoms with Gasteiger partial charge < -0.3 is 10.1 Å². The van der Waals surface area contributed by atoms with Crippen molar-refractivity contribution in [3.05, 3.63) is 29.3 Å². The molecule has 0 spiro atoms. The normalized spacial score (nSPS) is 30.9. The Morgan fingerprint density at radius 2 is 2.24 bits per heavy atom. The molecule has 2 heterocycles. The fraction of sp³-hybridized carbons (Fsp3) is 0.588. The highest BCUT2D eigenvalue weighted by Gasteiger charge is 2.57. The van der Waals surface area contributed by atoms with Crippen LogP contribution in [0, 0.1) is 11.3 Å². The average molecular weight is 302 g/mol. The molecule has 3 unspecified atom stereocenters. The predicted octanol–water partition coefficient (Wildman–Crippen LogP) is 3.59. The Hall–Kier alpha value is -0.970. The number of fused-ring (bicyclic) bond motifs is 2. The van der Waals surface area contributed by atoms with Crippen molar-refractivity contribution in [3.63, 3.8) is 0 Å². The quantitative estimate of drug-likeness (QED) is 0.941. The summed E-state index contributed by atoms with van der Waals surface area (Å²) in [7, 11) is 0. The number of para-hydroxylation sites is 1. The molecule has 4 heteroatoms. The van der Waals surface area contributed by atoms with Gasteiger partial charge in [0.1, 0.15) is 5.01 Å². The maximum Gasteiger partial charge on any atom is 0.108 e. The van der Waals surface area contributed by atoms with E-state index in [9.17, 15) is 0 Å². The van der Waals surface area contributed by atoms with Gasteiger partial charge in [0.25, 0.3) is 0 Å². The van der Waals surface area contributed by atoms with Gasteiger partial charge in [0, 0.05) is 30.5 Å². The van der Waals surface area contributed by atoms with Crippen LogP contribution < -0.4 is 5.32 Å². The third-order valence-electron chi connectivity index (χ3n) is 5.14. The van der Waals surface area contributed by atoms with Gasteiger partial charge in [0.05, 0.1) is 16.3 Å². The topological polar surface area (TPSA) is 34.2 Å². The average Bonchev–Trinajstić information content (AvgIpc) is 2.90. The molecular weight excluding hydrogens is 280 g/mol. The van der Waals surface area contributed by atoms with Crippen molar-refractivity contribution in [3.8, 4) is 0 Å². The fourth-order valence-electron chi connectivity index (χ4n) is 4.13. The third kappa shape index (κ3) is 2.20. The molecule has 0 radical (unpaired) electrons. The van der Waals surface area contributed by atoms with Crippen LogP contribution in [0.3, 0.4) is 0 Å². The first-order chi connectivity index (χ1) is 10.2. The van der Waals surface area contributed by atoms with E-state index in [0.29, 0.717) is 18.1 Å². The van der Waals surface area contributed by atoms with Crippen LogP contribution in [0.15, 0.2) is 24.3 Å². The number of hydrogen-bond donors (Lipinski definition) is 1. The van der Waals surface area contributed by atoms with Gasteiger partial charge in [0.2, 0.25) is 0 Å². The second-order valence-corrected chi connectivity index (χ2v) is 7.97. The first kappa shape index (κ1) is 13.7. The lowest BCUT2D eigenvalue weighted by molar-refractivity contribution is -0.192. The van der Waals surface area contributed by atoms with E-state index in [4.69, 9.17) is 9.72 Å². The van der Waals surface area contributed by atoms with Crippen LogP contribution in [0.2, 0.25) is 0 Å². The van der Waals surface area contributed by atoms with E-state index in [-0.39, 0.29) is 5.41 Å². The smallest absolute Gasteiger partial charge is 0.108 e. The van der Waals surface area contributed by atoms with Crippen molar-refractivity contribution in [2.45, 2.75) is 45.4 Å². The lowest BCUT2D eigenvalue weighted by Crippen LogP contribution is -2.69. The summed E-state index contributed by atoms with van der Waals surface area (Å²) in [6.07, 6.45) is 2.95. The molecule has 0 amide bonds. The van der Waals surface area contributed by atoms with Gasteiger partial charge in [0.15, 0.2) is 0 Å². The minimum atomic E-state index is 0.238. The number of ether oxygens (including phenoxy) is 1. The zero-order valence-corrected chi connectivity index (χ0v) is 13.5. The van der Waals surface area contributed by atoms with E-state index in [1.807, 2.05) is 0 Å². The molecule has 0 bridgehead atoms. The molecule has 1 saturated heterocycles. The molecule has 1 aromatic carbocycles. The maximum absolute atomic E-state index is 5.97. The summed E-state index contributed by atoms with van der Waals surface area (Å²) in [4.78, 5) is 4.72. The highest BCUT2D eigenvalue weighted by molar-refractivity contribution is 7.18. The maximum atomic E-state index is 5.97. The molecule has 1 aliphatic carbocycles. The Morgan fingerprint density at radius 3 is 3.10 bits per heavy atom. The summed E-state index contributed by atoms with van der Waals surface area (Å²) in [5.41, 5.74) is 1.35. The fourth-order valence-corrected chi connectivity index (χ4v) is 5.05. The number of benzene rings is 1. The van der Waals surface area contributed by atoms with Gasteiger partial charge in [-0.1, -0.05) is 26.0 Å². The van der Waals surface area contributed by atoms with Crippen LogP contribution in [-0.4, -0.2) is 23.7 Å². The van der Waals surface area contributed by atoms with Gasteiger partial charge in [-0.15, -0.1) is 11.3 Å². The molecule has 2 aromatic rings. The molecule has 2 aliphatic rings. The monoisotopic (exact) mass is 302 g/mol. The Balaban J connectivity index is 1.46. The Morgan fingerprint density at radius 1 is 1.38 bits per heavy atom. The van der Waals surface area contributed by atoms with Crippen molar-refractivity contribution >= 4 is 21.6 Å². The van der Waals surface area contributed by atoms with Gasteiger partial charge >= 0.3 is 0 Å². The standard InChI is InChI=1S/C17H22N2OS/c1-17(2)15(11-6-5-9-20-16(11)17)18-10-14-19-12-7-3-4-8-13(12)21-14/h3-4,7-8,11,15-16,18H,5-6,9-10H2,1-2H3. The minimum absolute atomic E-state index is 0.238. The summed E-state index contributed by atoms with van der Waals surface area (Å²) < 4.78 is 7.25. The van der Waals surface area contributed by atoms with Crippen LogP contribution >= 0.6 is 11.3 Å². The molecule has 1 saturated carbocycles.